The van der Waals surface area contributed by atoms with Crippen LogP contribution in [-0.4, -0.2) is 42.5 Å². The summed E-state index contributed by atoms with van der Waals surface area (Å²) >= 11 is 0. The normalized spacial score (nSPS) is 17.0. The molecule has 0 N–H and O–H groups in total. The van der Waals surface area contributed by atoms with E-state index in [2.05, 4.69) is 0 Å². The van der Waals surface area contributed by atoms with E-state index in [1.807, 2.05) is 126 Å². The molecule has 0 atom stereocenters. The number of nitrogens with zero attached hydrogens (tertiary/aromatic N) is 1. The lowest BCUT2D eigenvalue weighted by Gasteiger charge is -2.44. The Morgan fingerprint density at radius 3 is 1.13 bits per heavy atom. The van der Waals surface area contributed by atoms with Crippen molar-refractivity contribution in [2.24, 2.45) is 0 Å². The van der Waals surface area contributed by atoms with Gasteiger partial charge in [0.05, 0.1) is 39.6 Å². The first-order chi connectivity index (χ1) is 23.0. The van der Waals surface area contributed by atoms with Crippen molar-refractivity contribution >= 4 is 15.2 Å². The first kappa shape index (κ1) is 33.9. The fraction of sp³-hybridized carbons (Fsp3) is 0.333. The van der Waals surface area contributed by atoms with Gasteiger partial charge in [0.1, 0.15) is 0 Å². The summed E-state index contributed by atoms with van der Waals surface area (Å²) in [5, 5.41) is 0. The topological polar surface area (TPSA) is 92.8 Å². The Labute approximate surface area is 276 Å². The number of hydrogen-bond donors (Lipinski definition) is 0. The maximum atomic E-state index is 15.5. The highest BCUT2D eigenvalue weighted by atomic mass is 31.2. The van der Waals surface area contributed by atoms with Gasteiger partial charge >= 0.3 is 15.2 Å². The van der Waals surface area contributed by atoms with Crippen molar-refractivity contribution in [2.75, 3.05) is 26.3 Å². The Morgan fingerprint density at radius 1 is 0.532 bits per heavy atom. The molecule has 0 unspecified atom stereocenters. The molecule has 248 valence electrons. The van der Waals surface area contributed by atoms with Crippen LogP contribution in [0.5, 0.6) is 0 Å². The summed E-state index contributed by atoms with van der Waals surface area (Å²) in [6, 6.07) is 37.7. The minimum Gasteiger partial charge on any atom is -0.347 e. The molecule has 2 heterocycles. The SMILES string of the molecule is O=P(OCc1ccccc1)(OCc1ccccc1)C(N1CCC2(CC1)OCCO2)P(=O)(OCc1ccccc1)OCc1ccccc1. The van der Waals surface area contributed by atoms with E-state index in [9.17, 15) is 0 Å². The second kappa shape index (κ2) is 16.0. The molecule has 0 aromatic heterocycles. The van der Waals surface area contributed by atoms with Crippen molar-refractivity contribution in [3.63, 3.8) is 0 Å². The van der Waals surface area contributed by atoms with Crippen molar-refractivity contribution in [2.45, 2.75) is 50.6 Å². The molecule has 9 nitrogen and oxygen atoms in total. The molecule has 0 amide bonds. The van der Waals surface area contributed by atoms with Crippen LogP contribution in [0.1, 0.15) is 35.1 Å². The van der Waals surface area contributed by atoms with Gasteiger partial charge in [-0.3, -0.25) is 14.0 Å². The van der Waals surface area contributed by atoms with Crippen molar-refractivity contribution in [1.82, 2.24) is 4.90 Å². The van der Waals surface area contributed by atoms with Gasteiger partial charge in [0.25, 0.3) is 0 Å². The molecule has 11 heteroatoms. The van der Waals surface area contributed by atoms with Gasteiger partial charge in [0.2, 0.25) is 5.52 Å². The minimum absolute atomic E-state index is 0.0230. The van der Waals surface area contributed by atoms with E-state index in [-0.39, 0.29) is 26.4 Å². The highest BCUT2D eigenvalue weighted by Crippen LogP contribution is 2.72. The molecule has 2 fully saturated rings. The quantitative estimate of drug-likeness (QED) is 0.115. The molecule has 2 saturated heterocycles. The van der Waals surface area contributed by atoms with E-state index in [1.54, 1.807) is 0 Å². The molecular weight excluding hydrogens is 636 g/mol. The average molecular weight is 678 g/mol. The van der Waals surface area contributed by atoms with Crippen molar-refractivity contribution in [1.29, 1.82) is 0 Å². The predicted molar refractivity (Wildman–Crippen MR) is 179 cm³/mol. The van der Waals surface area contributed by atoms with Gasteiger partial charge in [0.15, 0.2) is 5.79 Å². The fourth-order valence-corrected chi connectivity index (χ4v) is 11.2. The third-order valence-electron chi connectivity index (χ3n) is 8.28. The molecule has 0 bridgehead atoms. The van der Waals surface area contributed by atoms with Gasteiger partial charge in [-0.25, -0.2) is 0 Å². The summed E-state index contributed by atoms with van der Waals surface area (Å²) in [6.07, 6.45) is 0.969. The van der Waals surface area contributed by atoms with Gasteiger partial charge in [0, 0.05) is 25.9 Å². The van der Waals surface area contributed by atoms with E-state index in [1.165, 1.54) is 0 Å². The Balaban J connectivity index is 1.38. The van der Waals surface area contributed by atoms with Crippen molar-refractivity contribution in [3.05, 3.63) is 144 Å². The van der Waals surface area contributed by atoms with Crippen LogP contribution in [0.4, 0.5) is 0 Å². The standard InChI is InChI=1S/C36H41NO8P2/c38-46(42-27-31-13-5-1-6-14-31,43-28-32-15-7-2-8-16-32)35(37-23-21-36(22-24-37)40-25-26-41-36)47(39,44-29-33-17-9-3-10-18-33)45-30-34-19-11-4-12-20-34/h1-20,35H,21-30H2. The highest BCUT2D eigenvalue weighted by molar-refractivity contribution is 7.72. The van der Waals surface area contributed by atoms with Crippen LogP contribution in [0, 0.1) is 0 Å². The lowest BCUT2D eigenvalue weighted by molar-refractivity contribution is -0.185. The van der Waals surface area contributed by atoms with Gasteiger partial charge in [-0.1, -0.05) is 121 Å². The molecule has 0 saturated carbocycles. The highest BCUT2D eigenvalue weighted by Gasteiger charge is 2.57. The van der Waals surface area contributed by atoms with Crippen molar-refractivity contribution < 1.29 is 36.7 Å². The minimum atomic E-state index is -4.30. The molecule has 47 heavy (non-hydrogen) atoms. The lowest BCUT2D eigenvalue weighted by atomic mass is 10.0. The second-order valence-electron chi connectivity index (χ2n) is 11.6. The molecule has 4 aromatic rings. The van der Waals surface area contributed by atoms with Crippen LogP contribution >= 0.6 is 15.2 Å². The zero-order valence-electron chi connectivity index (χ0n) is 26.3. The fourth-order valence-electron chi connectivity index (χ4n) is 5.75. The number of rotatable bonds is 15. The number of piperidine rings is 1. The first-order valence-electron chi connectivity index (χ1n) is 15.9. The Bertz CT molecular complexity index is 1410. The summed E-state index contributed by atoms with van der Waals surface area (Å²) in [6.45, 7) is 1.64. The maximum Gasteiger partial charge on any atom is 0.360 e. The third kappa shape index (κ3) is 8.95. The third-order valence-corrected chi connectivity index (χ3v) is 13.7. The summed E-state index contributed by atoms with van der Waals surface area (Å²) in [7, 11) is -8.61. The monoisotopic (exact) mass is 677 g/mol. The summed E-state index contributed by atoms with van der Waals surface area (Å²) in [4.78, 5) is 1.86. The molecule has 6 rings (SSSR count). The molecule has 4 aromatic carbocycles. The number of likely N-dealkylation sites (tertiary alicyclic amines) is 1. The maximum absolute atomic E-state index is 15.5. The zero-order valence-corrected chi connectivity index (χ0v) is 28.1. The summed E-state index contributed by atoms with van der Waals surface area (Å²) < 4.78 is 68.2. The Morgan fingerprint density at radius 2 is 0.830 bits per heavy atom. The van der Waals surface area contributed by atoms with E-state index in [0.717, 1.165) is 22.3 Å². The first-order valence-corrected chi connectivity index (χ1v) is 19.1. The Hall–Kier alpha value is -2.94. The van der Waals surface area contributed by atoms with Gasteiger partial charge in [-0.05, 0) is 22.3 Å². The number of hydrogen-bond acceptors (Lipinski definition) is 9. The van der Waals surface area contributed by atoms with Gasteiger partial charge in [-0.2, -0.15) is 0 Å². The van der Waals surface area contributed by atoms with Crippen molar-refractivity contribution in [3.8, 4) is 0 Å². The molecule has 2 aliphatic rings. The average Bonchev–Trinajstić information content (AvgIpc) is 3.59. The Kier molecular flexibility index (Phi) is 11.5. The number of benzene rings is 4. The molecule has 2 aliphatic heterocycles. The van der Waals surface area contributed by atoms with E-state index >= 15 is 9.13 Å². The van der Waals surface area contributed by atoms with Crippen LogP contribution in [0.3, 0.4) is 0 Å². The molecule has 0 radical (unpaired) electrons. The van der Waals surface area contributed by atoms with Crippen LogP contribution in [0.25, 0.3) is 0 Å². The number of ether oxygens (including phenoxy) is 2. The van der Waals surface area contributed by atoms with E-state index in [4.69, 9.17) is 27.6 Å². The zero-order chi connectivity index (χ0) is 32.4. The lowest BCUT2D eigenvalue weighted by Crippen LogP contribution is -2.49. The van der Waals surface area contributed by atoms with E-state index in [0.29, 0.717) is 39.1 Å². The van der Waals surface area contributed by atoms with Gasteiger partial charge < -0.3 is 27.6 Å². The second-order valence-corrected chi connectivity index (χ2v) is 16.2. The predicted octanol–water partition coefficient (Wildman–Crippen LogP) is 8.36. The van der Waals surface area contributed by atoms with Crippen LogP contribution in [0.15, 0.2) is 121 Å². The smallest absolute Gasteiger partial charge is 0.347 e. The molecule has 1 spiro atoms. The van der Waals surface area contributed by atoms with Crippen LogP contribution in [0.2, 0.25) is 0 Å². The van der Waals surface area contributed by atoms with Gasteiger partial charge in [-0.15, -0.1) is 0 Å². The largest absolute Gasteiger partial charge is 0.360 e. The molecule has 0 aliphatic carbocycles. The van der Waals surface area contributed by atoms with Crippen LogP contribution < -0.4 is 0 Å². The summed E-state index contributed by atoms with van der Waals surface area (Å²) in [5.74, 6) is -0.722. The van der Waals surface area contributed by atoms with E-state index < -0.39 is 26.5 Å². The molecular formula is C36H41NO8P2. The van der Waals surface area contributed by atoms with Crippen LogP contribution in [-0.2, 0) is 63.1 Å². The summed E-state index contributed by atoms with van der Waals surface area (Å²) in [5.41, 5.74) is 1.82.